The third kappa shape index (κ3) is 4.17. The van der Waals surface area contributed by atoms with Gasteiger partial charge in [-0.3, -0.25) is 4.79 Å². The number of carbonyl (C=O) groups is 1. The highest BCUT2D eigenvalue weighted by Crippen LogP contribution is 2.29. The average Bonchev–Trinajstić information content (AvgIpc) is 2.54. The minimum absolute atomic E-state index is 0.0859. The van der Waals surface area contributed by atoms with Crippen LogP contribution in [0.5, 0.6) is 0 Å². The number of aliphatic hydroxyl groups is 1. The summed E-state index contributed by atoms with van der Waals surface area (Å²) in [5.74, 6) is -1.02. The molecule has 1 unspecified atom stereocenters. The van der Waals surface area contributed by atoms with E-state index in [9.17, 15) is 20.0 Å². The van der Waals surface area contributed by atoms with Crippen molar-refractivity contribution in [3.8, 4) is 0 Å². The molecule has 6 heteroatoms. The van der Waals surface area contributed by atoms with Crippen molar-refractivity contribution in [1.29, 1.82) is 0 Å². The van der Waals surface area contributed by atoms with Gasteiger partial charge >= 0.3 is 11.1 Å². The van der Waals surface area contributed by atoms with Gasteiger partial charge < -0.3 is 5.11 Å². The highest BCUT2D eigenvalue weighted by molar-refractivity contribution is 5.89. The van der Waals surface area contributed by atoms with Crippen LogP contribution in [0.25, 0.3) is 0 Å². The quantitative estimate of drug-likeness (QED) is 0.650. The van der Waals surface area contributed by atoms with E-state index in [0.717, 1.165) is 11.1 Å². The van der Waals surface area contributed by atoms with E-state index in [4.69, 9.17) is 0 Å². The molecule has 0 saturated carbocycles. The summed E-state index contributed by atoms with van der Waals surface area (Å²) < 4.78 is 0. The van der Waals surface area contributed by atoms with Gasteiger partial charge in [-0.25, -0.2) is 4.84 Å². The number of rotatable bonds is 6. The van der Waals surface area contributed by atoms with Crippen molar-refractivity contribution in [2.24, 2.45) is 0 Å². The summed E-state index contributed by atoms with van der Waals surface area (Å²) in [5.41, 5.74) is 1.38. The van der Waals surface area contributed by atoms with E-state index in [0.29, 0.717) is 18.4 Å². The van der Waals surface area contributed by atoms with Gasteiger partial charge in [0.05, 0.1) is 5.60 Å². The second-order valence-electron chi connectivity index (χ2n) is 5.76. The molecule has 0 aromatic heterocycles. The molecule has 0 fully saturated rings. The van der Waals surface area contributed by atoms with E-state index >= 15 is 0 Å². The third-order valence-electron chi connectivity index (χ3n) is 3.85. The van der Waals surface area contributed by atoms with Crippen molar-refractivity contribution in [1.82, 2.24) is 0 Å². The van der Waals surface area contributed by atoms with Crippen molar-refractivity contribution in [2.45, 2.75) is 32.3 Å². The van der Waals surface area contributed by atoms with E-state index in [-0.39, 0.29) is 5.56 Å². The molecule has 0 amide bonds. The van der Waals surface area contributed by atoms with Crippen LogP contribution in [0.1, 0.15) is 40.9 Å². The first-order chi connectivity index (χ1) is 11.3. The predicted octanol–water partition coefficient (Wildman–Crippen LogP) is 3.05. The fourth-order valence-electron chi connectivity index (χ4n) is 2.75. The van der Waals surface area contributed by atoms with Gasteiger partial charge in [-0.15, -0.1) is 10.1 Å². The van der Waals surface area contributed by atoms with Crippen LogP contribution in [0.15, 0.2) is 48.5 Å². The molecule has 0 aliphatic rings. The van der Waals surface area contributed by atoms with Gasteiger partial charge in [-0.2, -0.15) is 0 Å². The SMILES string of the molecule is CCc1cc(C(=O)O[N+](=O)[O-])ccc1C(C)(O)Cc1ccccc1. The minimum Gasteiger partial charge on any atom is -0.385 e. The molecule has 0 saturated heterocycles. The van der Waals surface area contributed by atoms with Crippen LogP contribution < -0.4 is 0 Å². The molecule has 2 rings (SSSR count). The number of carbonyl (C=O) groups excluding carboxylic acids is 1. The Morgan fingerprint density at radius 2 is 1.92 bits per heavy atom. The molecule has 0 aliphatic heterocycles. The molecule has 0 spiro atoms. The summed E-state index contributed by atoms with van der Waals surface area (Å²) in [7, 11) is 0. The number of benzene rings is 2. The van der Waals surface area contributed by atoms with Crippen LogP contribution in [0, 0.1) is 10.1 Å². The smallest absolute Gasteiger partial charge is 0.334 e. The van der Waals surface area contributed by atoms with E-state index in [1.807, 2.05) is 37.3 Å². The molecular formula is C18H19NO5. The monoisotopic (exact) mass is 329 g/mol. The zero-order valence-corrected chi connectivity index (χ0v) is 13.6. The van der Waals surface area contributed by atoms with Crippen molar-refractivity contribution >= 4 is 5.97 Å². The molecule has 0 aliphatic carbocycles. The fraction of sp³-hybridized carbons (Fsp3) is 0.278. The summed E-state index contributed by atoms with van der Waals surface area (Å²) in [6, 6.07) is 14.2. The Balaban J connectivity index is 2.32. The first-order valence-corrected chi connectivity index (χ1v) is 7.60. The second-order valence-corrected chi connectivity index (χ2v) is 5.76. The summed E-state index contributed by atoms with van der Waals surface area (Å²) in [6.07, 6.45) is 0.986. The van der Waals surface area contributed by atoms with Gasteiger partial charge in [-0.05, 0) is 42.2 Å². The predicted molar refractivity (Wildman–Crippen MR) is 87.9 cm³/mol. The molecule has 1 atom stereocenters. The normalized spacial score (nSPS) is 13.1. The van der Waals surface area contributed by atoms with Crippen LogP contribution in [0.2, 0.25) is 0 Å². The Labute approximate surface area is 139 Å². The van der Waals surface area contributed by atoms with Crippen LogP contribution in [-0.2, 0) is 23.3 Å². The fourth-order valence-corrected chi connectivity index (χ4v) is 2.75. The van der Waals surface area contributed by atoms with Gasteiger partial charge in [0.15, 0.2) is 0 Å². The molecule has 126 valence electrons. The Bertz CT molecular complexity index is 740. The number of hydrogen-bond acceptors (Lipinski definition) is 5. The van der Waals surface area contributed by atoms with Crippen LogP contribution in [0.4, 0.5) is 0 Å². The van der Waals surface area contributed by atoms with Crippen molar-refractivity contribution in [2.75, 3.05) is 0 Å². The van der Waals surface area contributed by atoms with Crippen molar-refractivity contribution in [3.63, 3.8) is 0 Å². The van der Waals surface area contributed by atoms with Gasteiger partial charge in [0, 0.05) is 12.0 Å². The molecule has 2 aromatic carbocycles. The number of nitrogens with zero attached hydrogens (tertiary/aromatic N) is 1. The topological polar surface area (TPSA) is 89.7 Å². The summed E-state index contributed by atoms with van der Waals surface area (Å²) >= 11 is 0. The molecule has 6 nitrogen and oxygen atoms in total. The maximum absolute atomic E-state index is 11.6. The summed E-state index contributed by atoms with van der Waals surface area (Å²) in [5, 5.41) is 20.1. The average molecular weight is 329 g/mol. The lowest BCUT2D eigenvalue weighted by molar-refractivity contribution is -0.727. The molecule has 0 bridgehead atoms. The maximum Gasteiger partial charge on any atom is 0.334 e. The number of hydrogen-bond donors (Lipinski definition) is 1. The lowest BCUT2D eigenvalue weighted by Gasteiger charge is -2.27. The van der Waals surface area contributed by atoms with E-state index in [1.165, 1.54) is 12.1 Å². The zero-order chi connectivity index (χ0) is 17.7. The lowest BCUT2D eigenvalue weighted by atomic mass is 9.84. The Morgan fingerprint density at radius 1 is 1.25 bits per heavy atom. The van der Waals surface area contributed by atoms with E-state index in [1.54, 1.807) is 13.0 Å². The van der Waals surface area contributed by atoms with Crippen LogP contribution in [-0.4, -0.2) is 16.2 Å². The van der Waals surface area contributed by atoms with E-state index < -0.39 is 16.7 Å². The highest BCUT2D eigenvalue weighted by Gasteiger charge is 2.27. The Morgan fingerprint density at radius 3 is 2.50 bits per heavy atom. The Hall–Kier alpha value is -2.73. The molecular weight excluding hydrogens is 310 g/mol. The molecule has 0 radical (unpaired) electrons. The molecule has 0 heterocycles. The first-order valence-electron chi connectivity index (χ1n) is 7.60. The van der Waals surface area contributed by atoms with E-state index in [2.05, 4.69) is 4.84 Å². The standard InChI is InChI=1S/C18H19NO5/c1-3-14-11-15(17(20)24-19(22)23)9-10-16(14)18(2,21)12-13-7-5-4-6-8-13/h4-11,21H,3,12H2,1-2H3. The molecule has 2 aromatic rings. The van der Waals surface area contributed by atoms with Gasteiger partial charge in [0.2, 0.25) is 0 Å². The largest absolute Gasteiger partial charge is 0.385 e. The summed E-state index contributed by atoms with van der Waals surface area (Å²) in [4.78, 5) is 25.9. The van der Waals surface area contributed by atoms with Crippen LogP contribution >= 0.6 is 0 Å². The third-order valence-corrected chi connectivity index (χ3v) is 3.85. The van der Waals surface area contributed by atoms with Crippen molar-refractivity contribution in [3.05, 3.63) is 80.9 Å². The van der Waals surface area contributed by atoms with Crippen LogP contribution in [0.3, 0.4) is 0 Å². The molecule has 24 heavy (non-hydrogen) atoms. The number of aryl methyl sites for hydroxylation is 1. The first kappa shape index (κ1) is 17.6. The maximum atomic E-state index is 11.6. The molecule has 1 N–H and O–H groups in total. The van der Waals surface area contributed by atoms with Gasteiger partial charge in [0.25, 0.3) is 0 Å². The summed E-state index contributed by atoms with van der Waals surface area (Å²) in [6.45, 7) is 3.60. The lowest BCUT2D eigenvalue weighted by Crippen LogP contribution is -2.26. The minimum atomic E-state index is -1.13. The van der Waals surface area contributed by atoms with Gasteiger partial charge in [0.1, 0.15) is 0 Å². The van der Waals surface area contributed by atoms with Gasteiger partial charge in [-0.1, -0.05) is 43.3 Å². The zero-order valence-electron chi connectivity index (χ0n) is 13.6. The highest BCUT2D eigenvalue weighted by atomic mass is 17.0. The van der Waals surface area contributed by atoms with Crippen molar-refractivity contribution < 1.29 is 19.8 Å². The Kier molecular flexibility index (Phi) is 5.31. The second kappa shape index (κ2) is 7.23.